The Morgan fingerprint density at radius 1 is 1.02 bits per heavy atom. The van der Waals surface area contributed by atoms with Crippen molar-refractivity contribution in [2.24, 2.45) is 4.99 Å². The van der Waals surface area contributed by atoms with Crippen molar-refractivity contribution >= 4 is 78.4 Å². The zero-order valence-electron chi connectivity index (χ0n) is 24.5. The maximum atomic E-state index is 14.1. The average molecular weight is 797 g/mol. The molecule has 13 heteroatoms. The van der Waals surface area contributed by atoms with Gasteiger partial charge in [0.15, 0.2) is 16.3 Å². The van der Waals surface area contributed by atoms with Crippen LogP contribution in [-0.4, -0.2) is 31.4 Å². The van der Waals surface area contributed by atoms with Crippen LogP contribution in [0.4, 0.5) is 0 Å². The van der Waals surface area contributed by atoms with E-state index >= 15 is 0 Å². The third-order valence-electron chi connectivity index (χ3n) is 6.97. The molecule has 0 saturated heterocycles. The predicted octanol–water partition coefficient (Wildman–Crippen LogP) is 7.23. The van der Waals surface area contributed by atoms with Gasteiger partial charge in [-0.2, -0.15) is 0 Å². The number of allylic oxidation sites excluding steroid dienone is 1. The second-order valence-corrected chi connectivity index (χ2v) is 13.3. The summed E-state index contributed by atoms with van der Waals surface area (Å²) in [6, 6.07) is 13.4. The van der Waals surface area contributed by atoms with E-state index in [0.717, 1.165) is 11.1 Å². The van der Waals surface area contributed by atoms with E-state index in [1.54, 1.807) is 44.2 Å². The van der Waals surface area contributed by atoms with Crippen LogP contribution in [0, 0.1) is 0 Å². The fourth-order valence-electron chi connectivity index (χ4n) is 4.83. The number of nitrogens with zero attached hydrogens (tertiary/aromatic N) is 2. The van der Waals surface area contributed by atoms with Gasteiger partial charge in [-0.1, -0.05) is 62.6 Å². The summed E-state index contributed by atoms with van der Waals surface area (Å²) >= 11 is 20.7. The Morgan fingerprint density at radius 3 is 2.42 bits per heavy atom. The minimum absolute atomic E-state index is 0.168. The van der Waals surface area contributed by atoms with Crippen molar-refractivity contribution in [1.82, 2.24) is 4.57 Å². The summed E-state index contributed by atoms with van der Waals surface area (Å²) in [4.78, 5) is 32.5. The smallest absolute Gasteiger partial charge is 0.338 e. The number of hydrogen-bond donors (Lipinski definition) is 0. The molecule has 0 unspecified atom stereocenters. The number of benzene rings is 3. The number of methoxy groups -OCH3 is 2. The molecule has 5 rings (SSSR count). The van der Waals surface area contributed by atoms with Gasteiger partial charge < -0.3 is 18.9 Å². The maximum absolute atomic E-state index is 14.1. The molecule has 0 amide bonds. The van der Waals surface area contributed by atoms with Crippen molar-refractivity contribution < 1.29 is 23.7 Å². The minimum Gasteiger partial charge on any atom is -0.493 e. The molecule has 45 heavy (non-hydrogen) atoms. The lowest BCUT2D eigenvalue weighted by molar-refractivity contribution is -0.139. The topological polar surface area (TPSA) is 88.4 Å². The highest BCUT2D eigenvalue weighted by Crippen LogP contribution is 2.41. The molecule has 1 aromatic heterocycles. The molecule has 234 valence electrons. The van der Waals surface area contributed by atoms with Gasteiger partial charge in [0.25, 0.3) is 5.56 Å². The molecule has 0 spiro atoms. The number of rotatable bonds is 9. The fraction of sp³-hybridized carbons (Fsp3) is 0.219. The van der Waals surface area contributed by atoms with E-state index in [2.05, 4.69) is 36.9 Å². The van der Waals surface area contributed by atoms with Crippen LogP contribution in [-0.2, 0) is 16.1 Å². The molecule has 2 heterocycles. The van der Waals surface area contributed by atoms with E-state index in [9.17, 15) is 9.59 Å². The van der Waals surface area contributed by atoms with Gasteiger partial charge in [0.05, 0.1) is 47.1 Å². The monoisotopic (exact) mass is 794 g/mol. The van der Waals surface area contributed by atoms with Gasteiger partial charge in [-0.05, 0) is 83.4 Å². The lowest BCUT2D eigenvalue weighted by atomic mass is 9.95. The first-order valence-electron chi connectivity index (χ1n) is 13.5. The Balaban J connectivity index is 1.57. The SMILES string of the molecule is CCOC(=O)C1=C(C)N=c2s/c(=C\c3ccc(OCc4ccc(Cl)cc4Cl)c(Br)c3)c(=O)n2[C@@H]1c1cc(OC)c(OC)cc1Br. The molecule has 1 aliphatic rings. The summed E-state index contributed by atoms with van der Waals surface area (Å²) in [5.74, 6) is 0.987. The molecule has 0 bridgehead atoms. The largest absolute Gasteiger partial charge is 0.493 e. The number of fused-ring (bicyclic) bond motifs is 1. The van der Waals surface area contributed by atoms with Crippen molar-refractivity contribution in [3.63, 3.8) is 0 Å². The van der Waals surface area contributed by atoms with E-state index < -0.39 is 12.0 Å². The summed E-state index contributed by atoms with van der Waals surface area (Å²) in [5.41, 5.74) is 2.57. The van der Waals surface area contributed by atoms with Gasteiger partial charge in [-0.15, -0.1) is 0 Å². The normalized spacial score (nSPS) is 14.6. The summed E-state index contributed by atoms with van der Waals surface area (Å²) < 4.78 is 25.7. The first kappa shape index (κ1) is 33.3. The van der Waals surface area contributed by atoms with Gasteiger partial charge in [0.1, 0.15) is 12.4 Å². The summed E-state index contributed by atoms with van der Waals surface area (Å²) in [5, 5.41) is 1.07. The minimum atomic E-state index is -0.834. The number of ether oxygens (including phenoxy) is 4. The van der Waals surface area contributed by atoms with Gasteiger partial charge in [-0.25, -0.2) is 9.79 Å². The Morgan fingerprint density at radius 2 is 1.76 bits per heavy atom. The number of carbonyl (C=O) groups is 1. The molecule has 0 fully saturated rings. The number of thiazole rings is 1. The van der Waals surface area contributed by atoms with E-state index in [0.29, 0.717) is 56.8 Å². The Bertz CT molecular complexity index is 2020. The van der Waals surface area contributed by atoms with Crippen molar-refractivity contribution in [2.75, 3.05) is 20.8 Å². The van der Waals surface area contributed by atoms with Crippen LogP contribution in [0.5, 0.6) is 17.2 Å². The first-order chi connectivity index (χ1) is 21.6. The molecule has 0 aliphatic carbocycles. The van der Waals surface area contributed by atoms with Gasteiger partial charge >= 0.3 is 5.97 Å². The number of halogens is 4. The lowest BCUT2D eigenvalue weighted by Gasteiger charge is -2.26. The van der Waals surface area contributed by atoms with Crippen LogP contribution < -0.4 is 29.1 Å². The van der Waals surface area contributed by atoms with Crippen LogP contribution in [0.15, 0.2) is 78.5 Å². The average Bonchev–Trinajstić information content (AvgIpc) is 3.30. The highest BCUT2D eigenvalue weighted by atomic mass is 79.9. The highest BCUT2D eigenvalue weighted by molar-refractivity contribution is 9.10. The molecule has 0 N–H and O–H groups in total. The molecule has 0 radical (unpaired) electrons. The number of hydrogen-bond acceptors (Lipinski definition) is 8. The quantitative estimate of drug-likeness (QED) is 0.166. The third kappa shape index (κ3) is 6.88. The second kappa shape index (κ2) is 14.1. The molecule has 0 saturated carbocycles. The number of carbonyl (C=O) groups excluding carboxylic acids is 1. The maximum Gasteiger partial charge on any atom is 0.338 e. The van der Waals surface area contributed by atoms with Crippen LogP contribution >= 0.6 is 66.4 Å². The lowest BCUT2D eigenvalue weighted by Crippen LogP contribution is -2.40. The van der Waals surface area contributed by atoms with E-state index in [1.165, 1.54) is 30.1 Å². The zero-order chi connectivity index (χ0) is 32.4. The zero-order valence-corrected chi connectivity index (χ0v) is 30.0. The van der Waals surface area contributed by atoms with Crippen molar-refractivity contribution in [3.05, 3.63) is 115 Å². The van der Waals surface area contributed by atoms with E-state index in [-0.39, 0.29) is 24.3 Å². The molecule has 3 aromatic carbocycles. The van der Waals surface area contributed by atoms with Crippen molar-refractivity contribution in [1.29, 1.82) is 0 Å². The van der Waals surface area contributed by atoms with Crippen LogP contribution in [0.2, 0.25) is 10.0 Å². The summed E-state index contributed by atoms with van der Waals surface area (Å²) in [6.07, 6.45) is 1.78. The third-order valence-corrected chi connectivity index (χ3v) is 9.84. The Hall–Kier alpha value is -3.09. The van der Waals surface area contributed by atoms with Crippen LogP contribution in [0.25, 0.3) is 6.08 Å². The molecular weight excluding hydrogens is 771 g/mol. The molecule has 8 nitrogen and oxygen atoms in total. The summed E-state index contributed by atoms with van der Waals surface area (Å²) in [7, 11) is 3.06. The molecular formula is C32H26Br2Cl2N2O6S. The molecule has 1 atom stereocenters. The van der Waals surface area contributed by atoms with E-state index in [1.807, 2.05) is 24.3 Å². The molecule has 1 aliphatic heterocycles. The Labute approximate surface area is 289 Å². The first-order valence-corrected chi connectivity index (χ1v) is 16.7. The van der Waals surface area contributed by atoms with Gasteiger partial charge in [0, 0.05) is 20.1 Å². The van der Waals surface area contributed by atoms with Crippen LogP contribution in [0.3, 0.4) is 0 Å². The summed E-state index contributed by atoms with van der Waals surface area (Å²) in [6.45, 7) is 3.88. The van der Waals surface area contributed by atoms with E-state index in [4.69, 9.17) is 42.1 Å². The molecule has 4 aromatic rings. The fourth-order valence-corrected chi connectivity index (χ4v) is 7.39. The van der Waals surface area contributed by atoms with Gasteiger partial charge in [0.2, 0.25) is 0 Å². The highest BCUT2D eigenvalue weighted by Gasteiger charge is 2.35. The van der Waals surface area contributed by atoms with Gasteiger partial charge in [-0.3, -0.25) is 9.36 Å². The standard InChI is InChI=1S/C32H26Br2Cl2N2O6S/c1-5-43-31(40)28-16(2)37-32-38(29(28)20-13-25(41-3)26(42-4)14-21(20)33)30(39)27(45-32)11-17-6-9-24(22(34)10-17)44-15-18-7-8-19(35)12-23(18)36/h6-14,29H,5,15H2,1-4H3/b27-11-/t29-/m1/s1. The predicted molar refractivity (Wildman–Crippen MR) is 183 cm³/mol. The number of esters is 1. The Kier molecular flexibility index (Phi) is 10.4. The van der Waals surface area contributed by atoms with Crippen LogP contribution in [0.1, 0.15) is 36.6 Å². The van der Waals surface area contributed by atoms with Crippen molar-refractivity contribution in [3.8, 4) is 17.2 Å². The van der Waals surface area contributed by atoms with Crippen molar-refractivity contribution in [2.45, 2.75) is 26.5 Å². The second-order valence-electron chi connectivity index (χ2n) is 9.75. The number of aromatic nitrogens is 1.